The number of hydrogen-bond acceptors (Lipinski definition) is 3. The molecule has 7 heteroatoms. The van der Waals surface area contributed by atoms with E-state index in [1.807, 2.05) is 0 Å². The predicted octanol–water partition coefficient (Wildman–Crippen LogP) is 0.350. The van der Waals surface area contributed by atoms with Gasteiger partial charge in [-0.05, 0) is 17.7 Å². The summed E-state index contributed by atoms with van der Waals surface area (Å²) < 4.78 is 26.1. The van der Waals surface area contributed by atoms with Crippen LogP contribution in [0.15, 0.2) is 18.2 Å². The van der Waals surface area contributed by atoms with Gasteiger partial charge < -0.3 is 10.4 Å². The summed E-state index contributed by atoms with van der Waals surface area (Å²) in [4.78, 5) is 23.7. The van der Waals surface area contributed by atoms with E-state index >= 15 is 0 Å². The van der Waals surface area contributed by atoms with Crippen LogP contribution in [0.4, 0.5) is 8.78 Å². The molecule has 0 spiro atoms. The topological polar surface area (TPSA) is 69.6 Å². The number of carbonyl (C=O) groups is 2. The van der Waals surface area contributed by atoms with Crippen molar-refractivity contribution in [3.05, 3.63) is 35.4 Å². The van der Waals surface area contributed by atoms with E-state index in [-0.39, 0.29) is 25.5 Å². The summed E-state index contributed by atoms with van der Waals surface area (Å²) in [5, 5.41) is 11.5. The second-order valence-electron chi connectivity index (χ2n) is 4.34. The molecule has 1 amide bonds. The summed E-state index contributed by atoms with van der Waals surface area (Å²) in [5.74, 6) is -2.86. The first kappa shape index (κ1) is 13.4. The quantitative estimate of drug-likeness (QED) is 0.831. The minimum atomic E-state index is -1.09. The maximum atomic E-state index is 13.1. The van der Waals surface area contributed by atoms with Gasteiger partial charge in [0.1, 0.15) is 17.7 Å². The van der Waals surface area contributed by atoms with Crippen molar-refractivity contribution in [1.29, 1.82) is 0 Å². The van der Waals surface area contributed by atoms with E-state index in [0.29, 0.717) is 5.56 Å². The van der Waals surface area contributed by atoms with Gasteiger partial charge in [0, 0.05) is 19.2 Å². The fraction of sp³-hybridized carbons (Fsp3) is 0.333. The summed E-state index contributed by atoms with van der Waals surface area (Å²) in [6.45, 7) is -0.139. The number of hydrogen-bond donors (Lipinski definition) is 2. The molecule has 0 aliphatic carbocycles. The fourth-order valence-electron chi connectivity index (χ4n) is 2.04. The SMILES string of the molecule is O=C1CN(Cc2cc(F)cc(F)c2)C(C(=O)O)CN1. The van der Waals surface area contributed by atoms with Crippen molar-refractivity contribution in [3.8, 4) is 0 Å². The highest BCUT2D eigenvalue weighted by atomic mass is 19.1. The second-order valence-corrected chi connectivity index (χ2v) is 4.34. The number of piperazine rings is 1. The lowest BCUT2D eigenvalue weighted by Crippen LogP contribution is -2.56. The van der Waals surface area contributed by atoms with Crippen LogP contribution in [0.25, 0.3) is 0 Å². The van der Waals surface area contributed by atoms with Crippen LogP contribution in [0.2, 0.25) is 0 Å². The van der Waals surface area contributed by atoms with Crippen LogP contribution >= 0.6 is 0 Å². The van der Waals surface area contributed by atoms with Crippen LogP contribution in [0, 0.1) is 11.6 Å². The zero-order valence-corrected chi connectivity index (χ0v) is 9.90. The molecule has 0 bridgehead atoms. The Bertz CT molecular complexity index is 501. The lowest BCUT2D eigenvalue weighted by atomic mass is 10.1. The molecule has 1 atom stereocenters. The van der Waals surface area contributed by atoms with Crippen LogP contribution in [-0.2, 0) is 16.1 Å². The lowest BCUT2D eigenvalue weighted by molar-refractivity contribution is -0.146. The van der Waals surface area contributed by atoms with Gasteiger partial charge in [0.25, 0.3) is 0 Å². The third-order valence-electron chi connectivity index (χ3n) is 2.87. The molecule has 1 aromatic rings. The van der Waals surface area contributed by atoms with Gasteiger partial charge in [-0.25, -0.2) is 8.78 Å². The van der Waals surface area contributed by atoms with Crippen LogP contribution in [0.1, 0.15) is 5.56 Å². The van der Waals surface area contributed by atoms with E-state index in [1.54, 1.807) is 0 Å². The number of aliphatic carboxylic acids is 1. The zero-order chi connectivity index (χ0) is 14.0. The Morgan fingerprint density at radius 3 is 2.58 bits per heavy atom. The van der Waals surface area contributed by atoms with Gasteiger partial charge >= 0.3 is 5.97 Å². The fourth-order valence-corrected chi connectivity index (χ4v) is 2.04. The molecule has 5 nitrogen and oxygen atoms in total. The molecular formula is C12H12F2N2O3. The van der Waals surface area contributed by atoms with Gasteiger partial charge in [-0.3, -0.25) is 14.5 Å². The number of carbonyl (C=O) groups excluding carboxylic acids is 1. The van der Waals surface area contributed by atoms with E-state index in [9.17, 15) is 18.4 Å². The molecule has 2 N–H and O–H groups in total. The summed E-state index contributed by atoms with van der Waals surface area (Å²) in [7, 11) is 0. The standard InChI is InChI=1S/C12H12F2N2O3/c13-8-1-7(2-9(14)3-8)5-16-6-11(17)15-4-10(16)12(18)19/h1-3,10H,4-6H2,(H,15,17)(H,18,19). The number of amides is 1. The van der Waals surface area contributed by atoms with Crippen molar-refractivity contribution in [2.75, 3.05) is 13.1 Å². The number of nitrogens with zero attached hydrogens (tertiary/aromatic N) is 1. The third kappa shape index (κ3) is 3.25. The average Bonchev–Trinajstić information content (AvgIpc) is 2.26. The van der Waals surface area contributed by atoms with E-state index < -0.39 is 23.6 Å². The van der Waals surface area contributed by atoms with Gasteiger partial charge in [-0.15, -0.1) is 0 Å². The Labute approximate surface area is 107 Å². The van der Waals surface area contributed by atoms with E-state index in [0.717, 1.165) is 18.2 Å². The highest BCUT2D eigenvalue weighted by Gasteiger charge is 2.31. The van der Waals surface area contributed by atoms with E-state index in [4.69, 9.17) is 5.11 Å². The lowest BCUT2D eigenvalue weighted by Gasteiger charge is -2.32. The maximum absolute atomic E-state index is 13.1. The van der Waals surface area contributed by atoms with Crippen LogP contribution in [0.5, 0.6) is 0 Å². The number of nitrogens with one attached hydrogen (secondary N) is 1. The Morgan fingerprint density at radius 2 is 2.00 bits per heavy atom. The van der Waals surface area contributed by atoms with Gasteiger partial charge in [0.15, 0.2) is 0 Å². The van der Waals surface area contributed by atoms with E-state index in [1.165, 1.54) is 4.90 Å². The molecule has 2 rings (SSSR count). The molecule has 1 aliphatic heterocycles. The van der Waals surface area contributed by atoms with Gasteiger partial charge in [0.2, 0.25) is 5.91 Å². The molecule has 1 aromatic carbocycles. The predicted molar refractivity (Wildman–Crippen MR) is 61.2 cm³/mol. The minimum absolute atomic E-state index is 0.000926. The van der Waals surface area contributed by atoms with Crippen molar-refractivity contribution in [1.82, 2.24) is 10.2 Å². The third-order valence-corrected chi connectivity index (χ3v) is 2.87. The normalized spacial score (nSPS) is 20.1. The smallest absolute Gasteiger partial charge is 0.322 e. The minimum Gasteiger partial charge on any atom is -0.480 e. The molecule has 1 heterocycles. The highest BCUT2D eigenvalue weighted by Crippen LogP contribution is 2.14. The first-order valence-electron chi connectivity index (χ1n) is 5.64. The Kier molecular flexibility index (Phi) is 3.75. The van der Waals surface area contributed by atoms with Crippen LogP contribution in [-0.4, -0.2) is 41.0 Å². The zero-order valence-electron chi connectivity index (χ0n) is 9.90. The molecule has 0 saturated carbocycles. The number of carboxylic acid groups (broad SMARTS) is 1. The van der Waals surface area contributed by atoms with Gasteiger partial charge in [0.05, 0.1) is 6.54 Å². The molecule has 1 saturated heterocycles. The second kappa shape index (κ2) is 5.31. The van der Waals surface area contributed by atoms with Crippen LogP contribution < -0.4 is 5.32 Å². The average molecular weight is 270 g/mol. The number of rotatable bonds is 3. The maximum Gasteiger partial charge on any atom is 0.322 e. The number of carboxylic acids is 1. The largest absolute Gasteiger partial charge is 0.480 e. The molecule has 1 unspecified atom stereocenters. The summed E-state index contributed by atoms with van der Waals surface area (Å²) in [6, 6.07) is 2.08. The Balaban J connectivity index is 2.18. The first-order chi connectivity index (χ1) is 8.95. The summed E-state index contributed by atoms with van der Waals surface area (Å²) in [5.41, 5.74) is 0.290. The monoisotopic (exact) mass is 270 g/mol. The van der Waals surface area contributed by atoms with Crippen LogP contribution in [0.3, 0.4) is 0 Å². The molecule has 102 valence electrons. The summed E-state index contributed by atoms with van der Waals surface area (Å²) >= 11 is 0. The van der Waals surface area contributed by atoms with Crippen molar-refractivity contribution >= 4 is 11.9 Å². The Morgan fingerprint density at radius 1 is 1.37 bits per heavy atom. The van der Waals surface area contributed by atoms with Crippen molar-refractivity contribution in [2.24, 2.45) is 0 Å². The van der Waals surface area contributed by atoms with Crippen molar-refractivity contribution in [2.45, 2.75) is 12.6 Å². The molecule has 1 fully saturated rings. The number of halogens is 2. The van der Waals surface area contributed by atoms with E-state index in [2.05, 4.69) is 5.32 Å². The highest BCUT2D eigenvalue weighted by molar-refractivity contribution is 5.83. The first-order valence-corrected chi connectivity index (χ1v) is 5.64. The molecule has 19 heavy (non-hydrogen) atoms. The summed E-state index contributed by atoms with van der Waals surface area (Å²) in [6.07, 6.45) is 0. The van der Waals surface area contributed by atoms with Gasteiger partial charge in [-0.2, -0.15) is 0 Å². The molecule has 0 radical (unpaired) electrons. The number of benzene rings is 1. The molecule has 0 aromatic heterocycles. The van der Waals surface area contributed by atoms with Gasteiger partial charge in [-0.1, -0.05) is 0 Å². The molecule has 1 aliphatic rings. The molecular weight excluding hydrogens is 258 g/mol. The van der Waals surface area contributed by atoms with Crippen molar-refractivity contribution in [3.63, 3.8) is 0 Å². The Hall–Kier alpha value is -2.02. The van der Waals surface area contributed by atoms with Crippen molar-refractivity contribution < 1.29 is 23.5 Å².